The van der Waals surface area contributed by atoms with Crippen molar-refractivity contribution in [3.8, 4) is 5.75 Å². The van der Waals surface area contributed by atoms with Gasteiger partial charge in [0.05, 0.1) is 54.8 Å². The first kappa shape index (κ1) is 74.3. The van der Waals surface area contributed by atoms with Gasteiger partial charge in [0.2, 0.25) is 17.7 Å². The van der Waals surface area contributed by atoms with Crippen LogP contribution in [0.4, 0.5) is 21.0 Å². The summed E-state index contributed by atoms with van der Waals surface area (Å²) in [6.07, 6.45) is 1.18. The van der Waals surface area contributed by atoms with Gasteiger partial charge in [0, 0.05) is 63.6 Å². The summed E-state index contributed by atoms with van der Waals surface area (Å²) in [6.45, 7) is 15.5. The van der Waals surface area contributed by atoms with E-state index in [4.69, 9.17) is 45.8 Å². The van der Waals surface area contributed by atoms with Gasteiger partial charge in [0.25, 0.3) is 11.8 Å². The van der Waals surface area contributed by atoms with E-state index in [9.17, 15) is 53.1 Å². The van der Waals surface area contributed by atoms with Crippen LogP contribution in [0.3, 0.4) is 0 Å². The Kier molecular flexibility index (Phi) is 27.1. The average molecular weight is 1360 g/mol. The Labute approximate surface area is 543 Å². The van der Waals surface area contributed by atoms with Gasteiger partial charge in [0.15, 0.2) is 5.72 Å². The summed E-state index contributed by atoms with van der Waals surface area (Å²) < 4.78 is 35.0. The molecule has 12 atom stereocenters. The van der Waals surface area contributed by atoms with Crippen molar-refractivity contribution >= 4 is 98.8 Å². The fourth-order valence-electron chi connectivity index (χ4n) is 10.8. The molecule has 2 aromatic rings. The van der Waals surface area contributed by atoms with Gasteiger partial charge in [-0.15, -0.1) is 0 Å². The number of aldehydes is 1. The van der Waals surface area contributed by atoms with Crippen molar-refractivity contribution in [2.75, 3.05) is 57.5 Å². The van der Waals surface area contributed by atoms with Crippen LogP contribution in [0.15, 0.2) is 66.3 Å². The zero-order valence-corrected chi connectivity index (χ0v) is 55.9. The average Bonchev–Trinajstić information content (AvgIpc) is 1.58. The van der Waals surface area contributed by atoms with E-state index in [1.807, 2.05) is 13.0 Å². The molecule has 2 fully saturated rings. The maximum absolute atomic E-state index is 14.6. The van der Waals surface area contributed by atoms with Crippen LogP contribution in [0.25, 0.3) is 0 Å². The highest BCUT2D eigenvalue weighted by Crippen LogP contribution is 2.49. The molecule has 500 valence electrons. The number of carbonyl (C=O) groups is 10. The molecule has 1 unspecified atom stereocenters. The lowest BCUT2D eigenvalue weighted by Gasteiger charge is -2.42. The van der Waals surface area contributed by atoms with Gasteiger partial charge in [-0.25, -0.2) is 19.2 Å². The molecule has 91 heavy (non-hydrogen) atoms. The molecule has 0 spiro atoms. The van der Waals surface area contributed by atoms with Gasteiger partial charge >= 0.3 is 24.1 Å². The molecule has 26 nitrogen and oxygen atoms in total. The van der Waals surface area contributed by atoms with Gasteiger partial charge in [-0.2, -0.15) is 0 Å². The fraction of sp³-hybridized carbons (Fsp3) is 0.556. The smallest absolute Gasteiger partial charge is 0.409 e. The third kappa shape index (κ3) is 19.6. The van der Waals surface area contributed by atoms with Crippen molar-refractivity contribution in [1.29, 1.82) is 0 Å². The van der Waals surface area contributed by atoms with E-state index < -0.39 is 138 Å². The summed E-state index contributed by atoms with van der Waals surface area (Å²) in [5.74, 6) is -5.80. The number of benzene rings is 2. The number of hydrogen-bond acceptors (Lipinski definition) is 18. The number of fused-ring (bicyclic) bond motifs is 5. The van der Waals surface area contributed by atoms with E-state index in [1.54, 1.807) is 58.9 Å². The molecule has 3 heterocycles. The number of esters is 2. The van der Waals surface area contributed by atoms with E-state index in [0.717, 1.165) is 16.0 Å². The predicted molar refractivity (Wildman–Crippen MR) is 341 cm³/mol. The highest BCUT2D eigenvalue weighted by Gasteiger charge is 2.64. The molecule has 4 bridgehead atoms. The molecule has 0 aliphatic carbocycles. The fourth-order valence-corrected chi connectivity index (χ4v) is 11.3. The number of anilines is 2. The largest absolute Gasteiger partial charge is 0.495 e. The molecule has 0 radical (unpaired) electrons. The SMILES string of the molecule is C=C(CBr)C(=O)OC(C)CCC[C@@H](C=O)N[C@H](C(=O)N[C@@H](CCCNC(N)=O)C(=O)Nc1ccc(C(=O)N(C)[C@@H](C)C(=O)O[C@H]2CC(=O)N(C)c3cc(cc(OC)c3Cl)C/C(C)=C/C=C/[C@@H](OC)[C@@]3(O)C[C@H](OC(=O)N3)[C@@H](C)[C@@H]3O[C@@]23C)cc1C(=O)NC)C(C)C. The normalized spacial score (nSPS) is 24.1. The highest BCUT2D eigenvalue weighted by molar-refractivity contribution is 9.09. The molecule has 3 aliphatic rings. The number of primary amides is 1. The third-order valence-corrected chi connectivity index (χ3v) is 17.5. The van der Waals surface area contributed by atoms with Gasteiger partial charge < -0.3 is 75.1 Å². The topological polar surface area (TPSA) is 354 Å². The van der Waals surface area contributed by atoms with Crippen molar-refractivity contribution < 1.29 is 81.5 Å². The van der Waals surface area contributed by atoms with Gasteiger partial charge in [0.1, 0.15) is 53.1 Å². The molecule has 8 amide bonds. The quantitative estimate of drug-likeness (QED) is 0.0113. The number of nitrogens with two attached hydrogens (primary N) is 1. The van der Waals surface area contributed by atoms with Crippen LogP contribution in [0.1, 0.15) is 120 Å². The van der Waals surface area contributed by atoms with Crippen LogP contribution in [-0.4, -0.2) is 183 Å². The Bertz CT molecular complexity index is 3110. The van der Waals surface area contributed by atoms with E-state index in [2.05, 4.69) is 54.4 Å². The number of nitrogens with one attached hydrogen (secondary N) is 6. The number of ether oxygens (including phenoxy) is 6. The number of aliphatic hydroxyl groups is 1. The molecule has 5 rings (SSSR count). The van der Waals surface area contributed by atoms with Crippen molar-refractivity contribution in [3.05, 3.63) is 88.0 Å². The number of carbonyl (C=O) groups excluding carboxylic acids is 10. The summed E-state index contributed by atoms with van der Waals surface area (Å²) in [5, 5.41) is 28.3. The van der Waals surface area contributed by atoms with Crippen molar-refractivity contribution in [1.82, 2.24) is 31.5 Å². The zero-order chi connectivity index (χ0) is 67.8. The van der Waals surface area contributed by atoms with E-state index in [0.29, 0.717) is 25.5 Å². The third-order valence-electron chi connectivity index (χ3n) is 16.4. The molecular weight excluding hydrogens is 1270 g/mol. The first-order chi connectivity index (χ1) is 42.9. The highest BCUT2D eigenvalue weighted by atomic mass is 79.9. The number of likely N-dealkylation sites (N-methyl/N-ethyl adjacent to an activating group) is 1. The van der Waals surface area contributed by atoms with E-state index in [-0.39, 0.29) is 76.4 Å². The molecule has 28 heteroatoms. The number of epoxide rings is 1. The van der Waals surface area contributed by atoms with Gasteiger partial charge in [-0.3, -0.25) is 34.6 Å². The minimum atomic E-state index is -1.94. The number of alkyl carbamates (subject to hydrolysis) is 1. The first-order valence-corrected chi connectivity index (χ1v) is 31.4. The number of urea groups is 1. The molecular formula is C63H87BrClN9O17. The summed E-state index contributed by atoms with van der Waals surface area (Å²) in [7, 11) is 6.99. The number of alkyl halides is 1. The number of methoxy groups -OCH3 is 2. The van der Waals surface area contributed by atoms with Crippen LogP contribution in [0.5, 0.6) is 5.75 Å². The van der Waals surface area contributed by atoms with Crippen LogP contribution in [-0.2, 0) is 58.9 Å². The second kappa shape index (κ2) is 33.2. The molecule has 0 saturated carbocycles. The maximum atomic E-state index is 14.6. The van der Waals surface area contributed by atoms with Crippen molar-refractivity contribution in [2.45, 2.75) is 166 Å². The van der Waals surface area contributed by atoms with E-state index >= 15 is 0 Å². The Morgan fingerprint density at radius 3 is 2.37 bits per heavy atom. The van der Waals surface area contributed by atoms with Crippen LogP contribution in [0.2, 0.25) is 5.02 Å². The van der Waals surface area contributed by atoms with Crippen LogP contribution < -0.4 is 47.3 Å². The minimum Gasteiger partial charge on any atom is -0.495 e. The second-order valence-electron chi connectivity index (χ2n) is 23.7. The minimum absolute atomic E-state index is 0.0323. The van der Waals surface area contributed by atoms with Crippen molar-refractivity contribution in [3.63, 3.8) is 0 Å². The number of rotatable bonds is 26. The zero-order valence-electron chi connectivity index (χ0n) is 53.5. The lowest BCUT2D eigenvalue weighted by atomic mass is 9.83. The Hall–Kier alpha value is -7.43. The lowest BCUT2D eigenvalue weighted by Crippen LogP contribution is -2.63. The Balaban J connectivity index is 1.39. The van der Waals surface area contributed by atoms with Gasteiger partial charge in [-0.1, -0.05) is 78.7 Å². The predicted octanol–water partition coefficient (Wildman–Crippen LogP) is 5.29. The first-order valence-electron chi connectivity index (χ1n) is 29.9. The maximum Gasteiger partial charge on any atom is 0.409 e. The summed E-state index contributed by atoms with van der Waals surface area (Å²) >= 11 is 10.0. The Morgan fingerprint density at radius 2 is 1.75 bits per heavy atom. The number of nitrogens with zero attached hydrogens (tertiary/aromatic N) is 2. The molecule has 2 saturated heterocycles. The van der Waals surface area contributed by atoms with Gasteiger partial charge in [-0.05, 0) is 108 Å². The molecule has 0 aromatic heterocycles. The summed E-state index contributed by atoms with van der Waals surface area (Å²) in [4.78, 5) is 137. The summed E-state index contributed by atoms with van der Waals surface area (Å²) in [5.41, 5.74) is 3.68. The van der Waals surface area contributed by atoms with Crippen LogP contribution in [0, 0.1) is 11.8 Å². The van der Waals surface area contributed by atoms with E-state index in [1.165, 1.54) is 65.4 Å². The lowest BCUT2D eigenvalue weighted by molar-refractivity contribution is -0.158. The van der Waals surface area contributed by atoms with Crippen molar-refractivity contribution in [2.24, 2.45) is 17.6 Å². The Morgan fingerprint density at radius 1 is 1.04 bits per heavy atom. The summed E-state index contributed by atoms with van der Waals surface area (Å²) in [6, 6.07) is 2.02. The second-order valence-corrected chi connectivity index (χ2v) is 24.6. The van der Waals surface area contributed by atoms with Crippen LogP contribution >= 0.6 is 27.5 Å². The number of halogens is 2. The molecule has 3 aliphatic heterocycles. The number of allylic oxidation sites excluding steroid dienone is 3. The monoisotopic (exact) mass is 1360 g/mol. The number of amides is 8. The standard InChI is InChI=1S/C63H87BrClN9O17/c1-33(2)52(69-41(32-75)19-15-18-36(5)88-58(81)35(4)31-64)56(79)71-44(20-16-24-68-60(66)83)55(78)70-43-23-22-40(28-42(43)54(77)67-9)57(80)73(10)38(7)59(82)90-49-29-50(76)74(11)45-26-39(27-46(86-12)51(45)65)25-34(3)17-14-21-48(87-13)63(85)30-47(89-61(84)72-63)37(6)53-62(49,8)91-53/h14,17,21-23,26-28,32-33,36-38,41,44,47-49,52-53,69,85H,4,15-16,18-20,24-25,29-31H2,1-3,5-13H3,(H,67,77)(H,70,78)(H,71,79)(H,72,84)(H3,66,68,83)/b21-14+,34-17+/t36?,37-,38+,41+,44+,47+,48-,49+,52+,53+,62+,63+/m1/s1. The molecule has 2 aromatic carbocycles. The molecule has 9 N–H and O–H groups in total. The number of hydrogen-bond donors (Lipinski definition) is 8.